The molecular formula is C17H25NS. The average molecular weight is 275 g/mol. The minimum atomic E-state index is 0.704. The Morgan fingerprint density at radius 1 is 1.37 bits per heavy atom. The maximum Gasteiger partial charge on any atom is 0.0949 e. The largest absolute Gasteiger partial charge is 0.293 e. The molecule has 0 aliphatic carbocycles. The van der Waals surface area contributed by atoms with Crippen LogP contribution in [0.25, 0.3) is 0 Å². The number of unbranched alkanes of at least 4 members (excludes halogenated alkanes) is 2. The highest BCUT2D eigenvalue weighted by Gasteiger charge is 2.09. The summed E-state index contributed by atoms with van der Waals surface area (Å²) in [7, 11) is 0. The highest BCUT2D eigenvalue weighted by atomic mass is 32.2. The van der Waals surface area contributed by atoms with E-state index < -0.39 is 0 Å². The number of nitrogens with one attached hydrogen (secondary N) is 1. The molecule has 2 heteroatoms. The SMILES string of the molecule is CCCC/C=C1/CC=CC=CC(=C(C)CC)SC1=N. The quantitative estimate of drug-likeness (QED) is 0.624. The summed E-state index contributed by atoms with van der Waals surface area (Å²) in [6.45, 7) is 6.53. The lowest BCUT2D eigenvalue weighted by Crippen LogP contribution is -1.97. The summed E-state index contributed by atoms with van der Waals surface area (Å²) in [5.41, 5.74) is 2.52. The van der Waals surface area contributed by atoms with Gasteiger partial charge in [0.2, 0.25) is 0 Å². The van der Waals surface area contributed by atoms with Crippen LogP contribution in [0.5, 0.6) is 0 Å². The Kier molecular flexibility index (Phi) is 7.57. The molecule has 1 aliphatic heterocycles. The number of thioether (sulfide) groups is 1. The molecule has 0 atom stereocenters. The second-order valence-electron chi connectivity index (χ2n) is 4.79. The lowest BCUT2D eigenvalue weighted by molar-refractivity contribution is 0.812. The summed E-state index contributed by atoms with van der Waals surface area (Å²) in [5, 5.41) is 9.01. The molecule has 0 aromatic rings. The van der Waals surface area contributed by atoms with Crippen molar-refractivity contribution in [3.63, 3.8) is 0 Å². The van der Waals surface area contributed by atoms with Crippen LogP contribution in [0.3, 0.4) is 0 Å². The highest BCUT2D eigenvalue weighted by Crippen LogP contribution is 2.29. The minimum Gasteiger partial charge on any atom is -0.293 e. The lowest BCUT2D eigenvalue weighted by atomic mass is 10.1. The molecule has 0 aromatic heterocycles. The van der Waals surface area contributed by atoms with Crippen LogP contribution in [0.1, 0.15) is 52.9 Å². The third-order valence-electron chi connectivity index (χ3n) is 3.24. The third kappa shape index (κ3) is 5.65. The molecule has 1 heterocycles. The van der Waals surface area contributed by atoms with Gasteiger partial charge in [0, 0.05) is 4.91 Å². The Morgan fingerprint density at radius 2 is 2.16 bits per heavy atom. The molecule has 0 radical (unpaired) electrons. The summed E-state index contributed by atoms with van der Waals surface area (Å²) in [4.78, 5) is 1.22. The Bertz CT molecular complexity index is 425. The molecule has 0 aromatic carbocycles. The number of hydrogen-bond donors (Lipinski definition) is 1. The highest BCUT2D eigenvalue weighted by molar-refractivity contribution is 8.17. The van der Waals surface area contributed by atoms with Crippen molar-refractivity contribution in [2.45, 2.75) is 52.9 Å². The van der Waals surface area contributed by atoms with Gasteiger partial charge in [-0.2, -0.15) is 0 Å². The second-order valence-corrected chi connectivity index (χ2v) is 5.84. The topological polar surface area (TPSA) is 23.9 Å². The summed E-state index contributed by atoms with van der Waals surface area (Å²) < 4.78 is 0. The van der Waals surface area contributed by atoms with E-state index in [0.29, 0.717) is 5.04 Å². The van der Waals surface area contributed by atoms with Gasteiger partial charge in [0.1, 0.15) is 0 Å². The average Bonchev–Trinajstić information content (AvgIpc) is 2.50. The number of rotatable bonds is 4. The molecule has 0 saturated carbocycles. The normalized spacial score (nSPS) is 21.2. The first-order chi connectivity index (χ1) is 9.19. The van der Waals surface area contributed by atoms with E-state index in [2.05, 4.69) is 51.2 Å². The van der Waals surface area contributed by atoms with Crippen LogP contribution < -0.4 is 0 Å². The molecule has 1 N–H and O–H groups in total. The number of hydrogen-bond acceptors (Lipinski definition) is 2. The summed E-state index contributed by atoms with van der Waals surface area (Å²) >= 11 is 1.60. The van der Waals surface area contributed by atoms with E-state index in [1.807, 2.05) is 0 Å². The van der Waals surface area contributed by atoms with Gasteiger partial charge in [0.15, 0.2) is 0 Å². The Hall–Kier alpha value is -1.02. The predicted molar refractivity (Wildman–Crippen MR) is 88.8 cm³/mol. The number of allylic oxidation sites excluding steroid dienone is 6. The van der Waals surface area contributed by atoms with Gasteiger partial charge in [-0.25, -0.2) is 0 Å². The molecular weight excluding hydrogens is 250 g/mol. The van der Waals surface area contributed by atoms with E-state index >= 15 is 0 Å². The van der Waals surface area contributed by atoms with Crippen molar-refractivity contribution in [3.05, 3.63) is 46.4 Å². The molecule has 0 bridgehead atoms. The van der Waals surface area contributed by atoms with Crippen molar-refractivity contribution in [1.29, 1.82) is 5.41 Å². The lowest BCUT2D eigenvalue weighted by Gasteiger charge is -2.09. The van der Waals surface area contributed by atoms with Gasteiger partial charge in [0.05, 0.1) is 5.04 Å². The standard InChI is InChI=1S/C17H25NS/c1-4-6-8-11-15-12-9-7-10-13-16(14(3)5-2)19-17(15)18/h7,9-11,13,18H,4-6,8,12H2,1-3H3/b9-7?,13-10?,15-11-,16-14?,18-17?. The van der Waals surface area contributed by atoms with E-state index in [9.17, 15) is 0 Å². The van der Waals surface area contributed by atoms with E-state index in [-0.39, 0.29) is 0 Å². The first-order valence-electron chi connectivity index (χ1n) is 7.17. The maximum atomic E-state index is 8.31. The van der Waals surface area contributed by atoms with Crippen LogP contribution in [0.2, 0.25) is 0 Å². The van der Waals surface area contributed by atoms with Gasteiger partial charge in [-0.1, -0.05) is 68.3 Å². The fraction of sp³-hybridized carbons (Fsp3) is 0.471. The van der Waals surface area contributed by atoms with Gasteiger partial charge in [-0.3, -0.25) is 5.41 Å². The molecule has 104 valence electrons. The van der Waals surface area contributed by atoms with Crippen LogP contribution in [-0.2, 0) is 0 Å². The molecule has 0 saturated heterocycles. The van der Waals surface area contributed by atoms with Gasteiger partial charge >= 0.3 is 0 Å². The minimum absolute atomic E-state index is 0.704. The van der Waals surface area contributed by atoms with Gasteiger partial charge in [-0.05, 0) is 37.8 Å². The molecule has 0 amide bonds. The van der Waals surface area contributed by atoms with E-state index in [1.165, 1.54) is 28.9 Å². The maximum absolute atomic E-state index is 8.31. The van der Waals surface area contributed by atoms with Crippen LogP contribution in [0.15, 0.2) is 46.4 Å². The van der Waals surface area contributed by atoms with Crippen molar-refractivity contribution in [3.8, 4) is 0 Å². The molecule has 0 unspecified atom stereocenters. The van der Waals surface area contributed by atoms with Crippen molar-refractivity contribution >= 4 is 16.8 Å². The first-order valence-corrected chi connectivity index (χ1v) is 7.99. The fourth-order valence-electron chi connectivity index (χ4n) is 1.78. The Labute approximate surface area is 122 Å². The van der Waals surface area contributed by atoms with Crippen LogP contribution >= 0.6 is 11.8 Å². The van der Waals surface area contributed by atoms with Crippen molar-refractivity contribution in [2.24, 2.45) is 0 Å². The Balaban J connectivity index is 2.90. The zero-order valence-electron chi connectivity index (χ0n) is 12.3. The smallest absolute Gasteiger partial charge is 0.0949 e. The van der Waals surface area contributed by atoms with Gasteiger partial charge < -0.3 is 0 Å². The second kappa shape index (κ2) is 8.98. The summed E-state index contributed by atoms with van der Waals surface area (Å²) in [5.74, 6) is 0. The zero-order valence-corrected chi connectivity index (χ0v) is 13.1. The van der Waals surface area contributed by atoms with Crippen molar-refractivity contribution < 1.29 is 0 Å². The molecule has 0 fully saturated rings. The predicted octanol–water partition coefficient (Wildman–Crippen LogP) is 6.01. The monoisotopic (exact) mass is 275 g/mol. The summed E-state index contributed by atoms with van der Waals surface area (Å²) in [6.07, 6.45) is 16.1. The van der Waals surface area contributed by atoms with Gasteiger partial charge in [0.25, 0.3) is 0 Å². The molecule has 19 heavy (non-hydrogen) atoms. The van der Waals surface area contributed by atoms with Crippen LogP contribution in [-0.4, -0.2) is 5.04 Å². The van der Waals surface area contributed by atoms with Crippen LogP contribution in [0.4, 0.5) is 0 Å². The molecule has 1 aliphatic rings. The van der Waals surface area contributed by atoms with Crippen LogP contribution in [0, 0.1) is 5.41 Å². The molecule has 1 rings (SSSR count). The summed E-state index contributed by atoms with van der Waals surface area (Å²) in [6, 6.07) is 0. The molecule has 0 spiro atoms. The fourth-order valence-corrected chi connectivity index (χ4v) is 2.76. The van der Waals surface area contributed by atoms with Crippen molar-refractivity contribution in [2.75, 3.05) is 0 Å². The zero-order chi connectivity index (χ0) is 14.1. The third-order valence-corrected chi connectivity index (χ3v) is 4.41. The first kappa shape index (κ1) is 16.0. The van der Waals surface area contributed by atoms with Gasteiger partial charge in [-0.15, -0.1) is 0 Å². The Morgan fingerprint density at radius 3 is 2.84 bits per heavy atom. The van der Waals surface area contributed by atoms with E-state index in [1.54, 1.807) is 11.8 Å². The van der Waals surface area contributed by atoms with Crippen molar-refractivity contribution in [1.82, 2.24) is 0 Å². The molecule has 1 nitrogen and oxygen atoms in total. The van der Waals surface area contributed by atoms with E-state index in [4.69, 9.17) is 5.41 Å². The van der Waals surface area contributed by atoms with E-state index in [0.717, 1.165) is 19.3 Å².